The topological polar surface area (TPSA) is 47.6 Å². The van der Waals surface area contributed by atoms with E-state index in [0.29, 0.717) is 17.1 Å². The molecule has 2 aromatic carbocycles. The number of amides is 1. The fourth-order valence-electron chi connectivity index (χ4n) is 2.07. The van der Waals surface area contributed by atoms with Crippen LogP contribution in [-0.2, 0) is 0 Å². The molecular weight excluding hydrogens is 290 g/mol. The van der Waals surface area contributed by atoms with E-state index in [-0.39, 0.29) is 18.1 Å². The fourth-order valence-corrected chi connectivity index (χ4v) is 2.07. The van der Waals surface area contributed by atoms with Crippen LogP contribution in [0.5, 0.6) is 17.2 Å². The average molecular weight is 313 g/mol. The summed E-state index contributed by atoms with van der Waals surface area (Å²) in [7, 11) is 0. The van der Waals surface area contributed by atoms with E-state index in [1.54, 1.807) is 18.2 Å². The Balaban J connectivity index is 2.13. The highest BCUT2D eigenvalue weighted by Crippen LogP contribution is 2.26. The molecule has 0 aliphatic rings. The fraction of sp³-hybridized carbons (Fsp3) is 0.316. The van der Waals surface area contributed by atoms with Crippen LogP contribution in [0.2, 0.25) is 0 Å². The van der Waals surface area contributed by atoms with E-state index in [9.17, 15) is 4.79 Å². The second-order valence-corrected chi connectivity index (χ2v) is 5.90. The summed E-state index contributed by atoms with van der Waals surface area (Å²) in [6, 6.07) is 14.7. The normalized spacial score (nSPS) is 10.7. The molecule has 4 nitrogen and oxygen atoms in total. The summed E-state index contributed by atoms with van der Waals surface area (Å²) in [6.07, 6.45) is 0.105. The van der Waals surface area contributed by atoms with Crippen LogP contribution in [0, 0.1) is 0 Å². The molecule has 23 heavy (non-hydrogen) atoms. The molecular formula is C19H23NO3. The van der Waals surface area contributed by atoms with Crippen LogP contribution in [0.3, 0.4) is 0 Å². The standard InChI is InChI=1S/C19H23NO3/c1-13(2)20-19(21)15-7-5-8-16(11-15)23-18-10-6-9-17(12-18)22-14(3)4/h5-14H,1-4H3,(H,20,21). The van der Waals surface area contributed by atoms with Gasteiger partial charge >= 0.3 is 0 Å². The van der Waals surface area contributed by atoms with Crippen LogP contribution in [-0.4, -0.2) is 18.1 Å². The minimum absolute atomic E-state index is 0.0944. The molecule has 0 atom stereocenters. The summed E-state index contributed by atoms with van der Waals surface area (Å²) in [5.74, 6) is 1.93. The van der Waals surface area contributed by atoms with Gasteiger partial charge in [-0.15, -0.1) is 0 Å². The lowest BCUT2D eigenvalue weighted by Gasteiger charge is -2.12. The molecule has 122 valence electrons. The van der Waals surface area contributed by atoms with E-state index in [0.717, 1.165) is 5.75 Å². The first-order valence-electron chi connectivity index (χ1n) is 7.79. The second kappa shape index (κ2) is 7.68. The number of hydrogen-bond acceptors (Lipinski definition) is 3. The molecule has 1 N–H and O–H groups in total. The van der Waals surface area contributed by atoms with Crippen molar-refractivity contribution in [3.63, 3.8) is 0 Å². The van der Waals surface area contributed by atoms with Gasteiger partial charge in [0.25, 0.3) is 5.91 Å². The quantitative estimate of drug-likeness (QED) is 0.859. The summed E-state index contributed by atoms with van der Waals surface area (Å²) in [6.45, 7) is 7.81. The highest BCUT2D eigenvalue weighted by Gasteiger charge is 2.08. The van der Waals surface area contributed by atoms with Gasteiger partial charge in [-0.2, -0.15) is 0 Å². The van der Waals surface area contributed by atoms with Crippen LogP contribution in [0.1, 0.15) is 38.1 Å². The van der Waals surface area contributed by atoms with Gasteiger partial charge in [-0.05, 0) is 58.0 Å². The molecule has 1 amide bonds. The van der Waals surface area contributed by atoms with Crippen molar-refractivity contribution in [2.75, 3.05) is 0 Å². The highest BCUT2D eigenvalue weighted by atomic mass is 16.5. The first-order chi connectivity index (χ1) is 10.9. The third kappa shape index (κ3) is 5.33. The molecule has 0 saturated carbocycles. The molecule has 0 bridgehead atoms. The van der Waals surface area contributed by atoms with E-state index in [1.807, 2.05) is 58.0 Å². The van der Waals surface area contributed by atoms with E-state index in [2.05, 4.69) is 5.32 Å². The summed E-state index contributed by atoms with van der Waals surface area (Å²) in [5, 5.41) is 2.87. The molecule has 2 aromatic rings. The zero-order valence-corrected chi connectivity index (χ0v) is 14.0. The molecule has 0 fully saturated rings. The molecule has 0 spiro atoms. The van der Waals surface area contributed by atoms with Crippen molar-refractivity contribution in [3.8, 4) is 17.2 Å². The van der Waals surface area contributed by atoms with Crippen molar-refractivity contribution in [1.29, 1.82) is 0 Å². The van der Waals surface area contributed by atoms with Crippen molar-refractivity contribution in [1.82, 2.24) is 5.32 Å². The zero-order valence-electron chi connectivity index (χ0n) is 14.0. The predicted octanol–water partition coefficient (Wildman–Crippen LogP) is 4.40. The van der Waals surface area contributed by atoms with Gasteiger partial charge in [0.2, 0.25) is 0 Å². The first kappa shape index (κ1) is 16.9. The third-order valence-corrected chi connectivity index (χ3v) is 2.93. The van der Waals surface area contributed by atoms with Crippen molar-refractivity contribution in [3.05, 3.63) is 54.1 Å². The molecule has 0 heterocycles. The largest absolute Gasteiger partial charge is 0.491 e. The van der Waals surface area contributed by atoms with Crippen LogP contribution in [0.4, 0.5) is 0 Å². The number of benzene rings is 2. The smallest absolute Gasteiger partial charge is 0.251 e. The summed E-state index contributed by atoms with van der Waals surface area (Å²) in [4.78, 5) is 12.0. The lowest BCUT2D eigenvalue weighted by molar-refractivity contribution is 0.0943. The van der Waals surface area contributed by atoms with Crippen molar-refractivity contribution < 1.29 is 14.3 Å². The SMILES string of the molecule is CC(C)NC(=O)c1cccc(Oc2cccc(OC(C)C)c2)c1. The van der Waals surface area contributed by atoms with Crippen molar-refractivity contribution in [2.45, 2.75) is 39.8 Å². The van der Waals surface area contributed by atoms with Gasteiger partial charge in [0.15, 0.2) is 0 Å². The Kier molecular flexibility index (Phi) is 5.63. The third-order valence-electron chi connectivity index (χ3n) is 2.93. The van der Waals surface area contributed by atoms with E-state index < -0.39 is 0 Å². The number of carbonyl (C=O) groups is 1. The second-order valence-electron chi connectivity index (χ2n) is 5.90. The number of rotatable bonds is 6. The van der Waals surface area contributed by atoms with E-state index >= 15 is 0 Å². The molecule has 0 aliphatic heterocycles. The van der Waals surface area contributed by atoms with Crippen LogP contribution < -0.4 is 14.8 Å². The monoisotopic (exact) mass is 313 g/mol. The number of hydrogen-bond donors (Lipinski definition) is 1. The van der Waals surface area contributed by atoms with Gasteiger partial charge in [-0.1, -0.05) is 12.1 Å². The van der Waals surface area contributed by atoms with Crippen molar-refractivity contribution >= 4 is 5.91 Å². The van der Waals surface area contributed by atoms with Crippen LogP contribution in [0.25, 0.3) is 0 Å². The minimum Gasteiger partial charge on any atom is -0.491 e. The molecule has 0 unspecified atom stereocenters. The van der Waals surface area contributed by atoms with Gasteiger partial charge < -0.3 is 14.8 Å². The first-order valence-corrected chi connectivity index (χ1v) is 7.79. The zero-order chi connectivity index (χ0) is 16.8. The lowest BCUT2D eigenvalue weighted by Crippen LogP contribution is -2.29. The highest BCUT2D eigenvalue weighted by molar-refractivity contribution is 5.94. The molecule has 0 saturated heterocycles. The summed E-state index contributed by atoms with van der Waals surface area (Å²) >= 11 is 0. The van der Waals surface area contributed by atoms with Crippen LogP contribution in [0.15, 0.2) is 48.5 Å². The van der Waals surface area contributed by atoms with Crippen LogP contribution >= 0.6 is 0 Å². The Morgan fingerprint density at radius 3 is 2.17 bits per heavy atom. The Bertz CT molecular complexity index is 665. The Morgan fingerprint density at radius 1 is 0.913 bits per heavy atom. The van der Waals surface area contributed by atoms with E-state index in [1.165, 1.54) is 0 Å². The number of ether oxygens (including phenoxy) is 2. The molecule has 0 aromatic heterocycles. The Morgan fingerprint density at radius 2 is 1.52 bits per heavy atom. The molecule has 2 rings (SSSR count). The number of carbonyl (C=O) groups excluding carboxylic acids is 1. The lowest BCUT2D eigenvalue weighted by atomic mass is 10.2. The molecule has 4 heteroatoms. The average Bonchev–Trinajstić information content (AvgIpc) is 2.46. The van der Waals surface area contributed by atoms with Gasteiger partial charge in [-0.25, -0.2) is 0 Å². The maximum absolute atomic E-state index is 12.0. The summed E-state index contributed by atoms with van der Waals surface area (Å²) < 4.78 is 11.5. The Hall–Kier alpha value is -2.49. The van der Waals surface area contributed by atoms with E-state index in [4.69, 9.17) is 9.47 Å². The maximum atomic E-state index is 12.0. The minimum atomic E-state index is -0.109. The molecule has 0 radical (unpaired) electrons. The Labute approximate surface area is 137 Å². The van der Waals surface area contributed by atoms with Crippen molar-refractivity contribution in [2.24, 2.45) is 0 Å². The van der Waals surface area contributed by atoms with Gasteiger partial charge in [-0.3, -0.25) is 4.79 Å². The maximum Gasteiger partial charge on any atom is 0.251 e. The van der Waals surface area contributed by atoms with Gasteiger partial charge in [0.05, 0.1) is 6.10 Å². The van der Waals surface area contributed by atoms with Gasteiger partial charge in [0.1, 0.15) is 17.2 Å². The molecule has 0 aliphatic carbocycles. The summed E-state index contributed by atoms with van der Waals surface area (Å²) in [5.41, 5.74) is 0.575. The predicted molar refractivity (Wildman–Crippen MR) is 91.3 cm³/mol. The van der Waals surface area contributed by atoms with Gasteiger partial charge in [0, 0.05) is 17.7 Å². The number of nitrogens with one attached hydrogen (secondary N) is 1.